The Morgan fingerprint density at radius 2 is 2.11 bits per heavy atom. The summed E-state index contributed by atoms with van der Waals surface area (Å²) in [5, 5.41) is 2.69. The number of esters is 1. The predicted molar refractivity (Wildman–Crippen MR) is 65.6 cm³/mol. The smallest absolute Gasteiger partial charge is 0.466 e. The van der Waals surface area contributed by atoms with Crippen LogP contribution in [0.15, 0.2) is 34.9 Å². The van der Waals surface area contributed by atoms with E-state index >= 15 is 0 Å². The Kier molecular flexibility index (Phi) is 5.22. The van der Waals surface area contributed by atoms with E-state index in [0.717, 1.165) is 12.1 Å². The van der Waals surface area contributed by atoms with Crippen molar-refractivity contribution in [3.05, 3.63) is 34.9 Å². The molecular weight excluding hydrogens is 331 g/mol. The minimum absolute atomic E-state index is 0.126. The van der Waals surface area contributed by atoms with Crippen LogP contribution >= 0.6 is 15.9 Å². The molecule has 0 aliphatic carbocycles. The summed E-state index contributed by atoms with van der Waals surface area (Å²) < 4.78 is 44.4. The fourth-order valence-corrected chi connectivity index (χ4v) is 1.53. The van der Waals surface area contributed by atoms with Gasteiger partial charge in [-0.3, -0.25) is 0 Å². The number of benzene rings is 1. The van der Waals surface area contributed by atoms with Gasteiger partial charge in [-0.25, -0.2) is 4.79 Å². The summed E-state index contributed by atoms with van der Waals surface area (Å²) in [5.41, 5.74) is 0.474. The Bertz CT molecular complexity index is 489. The number of anilines is 1. The van der Waals surface area contributed by atoms with E-state index in [1.165, 1.54) is 25.4 Å². The van der Waals surface area contributed by atoms with Gasteiger partial charge in [-0.1, -0.05) is 0 Å². The van der Waals surface area contributed by atoms with Gasteiger partial charge in [0.25, 0.3) is 0 Å². The van der Waals surface area contributed by atoms with Crippen LogP contribution in [0.4, 0.5) is 18.9 Å². The van der Waals surface area contributed by atoms with Gasteiger partial charge < -0.3 is 14.8 Å². The number of alkyl halides is 3. The molecule has 1 aromatic carbocycles. The highest BCUT2D eigenvalue weighted by atomic mass is 79.9. The molecule has 1 rings (SSSR count). The number of methoxy groups -OCH3 is 1. The van der Waals surface area contributed by atoms with E-state index in [-0.39, 0.29) is 10.2 Å². The van der Waals surface area contributed by atoms with E-state index in [2.05, 4.69) is 30.7 Å². The summed E-state index contributed by atoms with van der Waals surface area (Å²) in [6.45, 7) is 0. The van der Waals surface area contributed by atoms with Gasteiger partial charge in [-0.2, -0.15) is 0 Å². The number of halogens is 4. The number of rotatable bonds is 4. The molecule has 0 saturated carbocycles. The summed E-state index contributed by atoms with van der Waals surface area (Å²) in [5.74, 6) is -0.904. The molecule has 0 saturated heterocycles. The Labute approximate surface area is 115 Å². The van der Waals surface area contributed by atoms with Crippen molar-refractivity contribution >= 4 is 27.6 Å². The van der Waals surface area contributed by atoms with Crippen LogP contribution in [-0.4, -0.2) is 19.4 Å². The highest BCUT2D eigenvalue weighted by Crippen LogP contribution is 2.32. The summed E-state index contributed by atoms with van der Waals surface area (Å²) >= 11 is 2.95. The topological polar surface area (TPSA) is 47.6 Å². The zero-order chi connectivity index (χ0) is 14.5. The molecule has 0 bridgehead atoms. The summed E-state index contributed by atoms with van der Waals surface area (Å²) in [6, 6.07) is 3.89. The number of carbonyl (C=O) groups excluding carboxylic acids is 1. The minimum Gasteiger partial charge on any atom is -0.466 e. The lowest BCUT2D eigenvalue weighted by atomic mass is 10.3. The first-order valence-electron chi connectivity index (χ1n) is 4.88. The molecule has 8 heteroatoms. The first-order chi connectivity index (χ1) is 8.81. The minimum atomic E-state index is -4.75. The van der Waals surface area contributed by atoms with Crippen LogP contribution in [0.2, 0.25) is 0 Å². The zero-order valence-corrected chi connectivity index (χ0v) is 11.2. The molecule has 104 valence electrons. The third-order valence-corrected chi connectivity index (χ3v) is 2.45. The molecule has 0 fully saturated rings. The second kappa shape index (κ2) is 6.46. The summed E-state index contributed by atoms with van der Waals surface area (Å²) in [6.07, 6.45) is -2.31. The van der Waals surface area contributed by atoms with E-state index in [0.29, 0.717) is 5.69 Å². The zero-order valence-electron chi connectivity index (χ0n) is 9.62. The van der Waals surface area contributed by atoms with Gasteiger partial charge in [0.2, 0.25) is 0 Å². The molecule has 1 N–H and O–H groups in total. The van der Waals surface area contributed by atoms with Crippen molar-refractivity contribution in [1.29, 1.82) is 0 Å². The van der Waals surface area contributed by atoms with Crippen molar-refractivity contribution in [2.45, 2.75) is 6.36 Å². The number of nitrogens with one attached hydrogen (secondary N) is 1. The van der Waals surface area contributed by atoms with Gasteiger partial charge >= 0.3 is 12.3 Å². The van der Waals surface area contributed by atoms with Crippen molar-refractivity contribution in [3.63, 3.8) is 0 Å². The number of ether oxygens (including phenoxy) is 2. The van der Waals surface area contributed by atoms with Crippen LogP contribution in [0.3, 0.4) is 0 Å². The second-order valence-corrected chi connectivity index (χ2v) is 4.05. The van der Waals surface area contributed by atoms with Gasteiger partial charge in [-0.15, -0.1) is 13.2 Å². The summed E-state index contributed by atoms with van der Waals surface area (Å²) in [4.78, 5) is 10.8. The first-order valence-corrected chi connectivity index (χ1v) is 5.67. The normalized spacial score (nSPS) is 11.4. The summed E-state index contributed by atoms with van der Waals surface area (Å²) in [7, 11) is 1.23. The lowest BCUT2D eigenvalue weighted by Gasteiger charge is -2.11. The van der Waals surface area contributed by atoms with Crippen molar-refractivity contribution < 1.29 is 27.4 Å². The number of hydrogen-bond donors (Lipinski definition) is 1. The fourth-order valence-electron chi connectivity index (χ4n) is 1.07. The van der Waals surface area contributed by atoms with Crippen molar-refractivity contribution in [1.82, 2.24) is 0 Å². The molecule has 4 nitrogen and oxygen atoms in total. The Hall–Kier alpha value is -1.70. The Balaban J connectivity index is 2.72. The van der Waals surface area contributed by atoms with Crippen LogP contribution in [0.25, 0.3) is 0 Å². The van der Waals surface area contributed by atoms with Gasteiger partial charge in [0.15, 0.2) is 0 Å². The van der Waals surface area contributed by atoms with E-state index in [9.17, 15) is 18.0 Å². The maximum Gasteiger partial charge on any atom is 0.573 e. The van der Waals surface area contributed by atoms with Gasteiger partial charge in [0.1, 0.15) is 5.75 Å². The molecule has 1 aromatic rings. The van der Waals surface area contributed by atoms with E-state index < -0.39 is 12.3 Å². The van der Waals surface area contributed by atoms with Crippen LogP contribution in [0, 0.1) is 0 Å². The Morgan fingerprint density at radius 3 is 2.63 bits per heavy atom. The average molecular weight is 340 g/mol. The highest BCUT2D eigenvalue weighted by Gasteiger charge is 2.31. The maximum absolute atomic E-state index is 12.0. The lowest BCUT2D eigenvalue weighted by Crippen LogP contribution is -2.17. The van der Waals surface area contributed by atoms with Crippen LogP contribution in [-0.2, 0) is 9.53 Å². The maximum atomic E-state index is 12.0. The molecular formula is C11H9BrF3NO3. The predicted octanol–water partition coefficient (Wildman–Crippen LogP) is 3.45. The van der Waals surface area contributed by atoms with Crippen LogP contribution in [0.5, 0.6) is 5.75 Å². The highest BCUT2D eigenvalue weighted by molar-refractivity contribution is 9.10. The molecule has 0 aliphatic rings. The molecule has 0 radical (unpaired) electrons. The van der Waals surface area contributed by atoms with Crippen molar-refractivity contribution in [3.8, 4) is 5.75 Å². The molecule has 0 heterocycles. The van der Waals surface area contributed by atoms with Crippen LogP contribution < -0.4 is 10.1 Å². The molecule has 0 unspecified atom stereocenters. The van der Waals surface area contributed by atoms with Crippen LogP contribution in [0.1, 0.15) is 0 Å². The lowest BCUT2D eigenvalue weighted by molar-refractivity contribution is -0.274. The van der Waals surface area contributed by atoms with E-state index in [1.54, 1.807) is 0 Å². The molecule has 0 spiro atoms. The quantitative estimate of drug-likeness (QED) is 0.674. The van der Waals surface area contributed by atoms with E-state index in [4.69, 9.17) is 0 Å². The molecule has 0 aliphatic heterocycles. The first kappa shape index (κ1) is 15.4. The average Bonchev–Trinajstić information content (AvgIpc) is 2.31. The third-order valence-electron chi connectivity index (χ3n) is 1.83. The standard InChI is InChI=1S/C11H9BrF3NO3/c1-18-10(17)4-5-16-7-2-3-9(8(12)6-7)19-11(13,14)15/h2-6,16H,1H3/b5-4+. The SMILES string of the molecule is COC(=O)/C=C/Nc1ccc(OC(F)(F)F)c(Br)c1. The monoisotopic (exact) mass is 339 g/mol. The number of hydrogen-bond acceptors (Lipinski definition) is 4. The third kappa shape index (κ3) is 5.64. The number of carbonyl (C=O) groups is 1. The van der Waals surface area contributed by atoms with Gasteiger partial charge in [0, 0.05) is 18.0 Å². The molecule has 0 aromatic heterocycles. The van der Waals surface area contributed by atoms with Gasteiger partial charge in [-0.05, 0) is 34.1 Å². The van der Waals surface area contributed by atoms with Crippen molar-refractivity contribution in [2.24, 2.45) is 0 Å². The van der Waals surface area contributed by atoms with Crippen molar-refractivity contribution in [2.75, 3.05) is 12.4 Å². The Morgan fingerprint density at radius 1 is 1.42 bits per heavy atom. The largest absolute Gasteiger partial charge is 0.573 e. The van der Waals surface area contributed by atoms with E-state index in [1.807, 2.05) is 0 Å². The second-order valence-electron chi connectivity index (χ2n) is 3.19. The molecule has 19 heavy (non-hydrogen) atoms. The molecule has 0 atom stereocenters. The fraction of sp³-hybridized carbons (Fsp3) is 0.182. The van der Waals surface area contributed by atoms with Gasteiger partial charge in [0.05, 0.1) is 11.6 Å². The molecule has 0 amide bonds.